The number of methoxy groups -OCH3 is 2. The van der Waals surface area contributed by atoms with E-state index in [9.17, 15) is 14.4 Å². The van der Waals surface area contributed by atoms with Crippen LogP contribution in [0.2, 0.25) is 0 Å². The fraction of sp³-hybridized carbons (Fsp3) is 0.812. The predicted octanol–water partition coefficient (Wildman–Crippen LogP) is -0.0915. The highest BCUT2D eigenvalue weighted by Crippen LogP contribution is 2.27. The number of carbonyl (C=O) groups excluding carboxylic acids is 3. The number of nitrogens with zero attached hydrogens (tertiary/aromatic N) is 1. The molecule has 0 radical (unpaired) electrons. The van der Waals surface area contributed by atoms with Crippen LogP contribution >= 0.6 is 0 Å². The Morgan fingerprint density at radius 3 is 2.40 bits per heavy atom. The molecule has 1 aliphatic rings. The van der Waals surface area contributed by atoms with Gasteiger partial charge in [0.1, 0.15) is 18.7 Å². The van der Waals surface area contributed by atoms with Gasteiger partial charge >= 0.3 is 12.1 Å². The minimum atomic E-state index is -0.915. The van der Waals surface area contributed by atoms with Crippen molar-refractivity contribution >= 4 is 18.0 Å². The summed E-state index contributed by atoms with van der Waals surface area (Å²) in [5.74, 6) is -0.938. The number of aliphatic hydroxyl groups excluding tert-OH is 1. The smallest absolute Gasteiger partial charge is 0.407 e. The molecule has 25 heavy (non-hydrogen) atoms. The fourth-order valence-electron chi connectivity index (χ4n) is 2.68. The Labute approximate surface area is 147 Å². The zero-order chi connectivity index (χ0) is 19.2. The quantitative estimate of drug-likeness (QED) is 0.636. The van der Waals surface area contributed by atoms with Gasteiger partial charge in [0.15, 0.2) is 0 Å². The molecule has 0 aromatic rings. The zero-order valence-corrected chi connectivity index (χ0v) is 15.4. The minimum Gasteiger partial charge on any atom is -0.467 e. The molecule has 0 saturated carbocycles. The van der Waals surface area contributed by atoms with Gasteiger partial charge in [-0.25, -0.2) is 9.59 Å². The van der Waals surface area contributed by atoms with Gasteiger partial charge in [-0.2, -0.15) is 0 Å². The summed E-state index contributed by atoms with van der Waals surface area (Å²) in [6.07, 6.45) is -0.754. The largest absolute Gasteiger partial charge is 0.467 e. The van der Waals surface area contributed by atoms with Gasteiger partial charge in [-0.15, -0.1) is 0 Å². The van der Waals surface area contributed by atoms with Gasteiger partial charge in [-0.3, -0.25) is 4.79 Å². The van der Waals surface area contributed by atoms with E-state index in [1.807, 2.05) is 0 Å². The van der Waals surface area contributed by atoms with Crippen molar-refractivity contribution in [3.63, 3.8) is 0 Å². The van der Waals surface area contributed by atoms with Crippen LogP contribution in [0.15, 0.2) is 0 Å². The molecule has 3 atom stereocenters. The van der Waals surface area contributed by atoms with Gasteiger partial charge in [-0.1, -0.05) is 20.8 Å². The lowest BCUT2D eigenvalue weighted by atomic mass is 9.85. The molecule has 144 valence electrons. The second-order valence-corrected chi connectivity index (χ2v) is 6.93. The summed E-state index contributed by atoms with van der Waals surface area (Å²) in [6, 6.07) is -1.68. The summed E-state index contributed by atoms with van der Waals surface area (Å²) >= 11 is 0. The summed E-state index contributed by atoms with van der Waals surface area (Å²) in [5, 5.41) is 11.2. The van der Waals surface area contributed by atoms with Crippen molar-refractivity contribution in [2.45, 2.75) is 45.4 Å². The first-order chi connectivity index (χ1) is 11.6. The highest BCUT2D eigenvalue weighted by molar-refractivity contribution is 5.90. The second kappa shape index (κ2) is 9.00. The van der Waals surface area contributed by atoms with Crippen molar-refractivity contribution in [3.05, 3.63) is 0 Å². The average Bonchev–Trinajstić information content (AvgIpc) is 2.99. The molecule has 0 aliphatic carbocycles. The number of aliphatic hydroxyl groups is 1. The molecule has 1 saturated heterocycles. The fourth-order valence-corrected chi connectivity index (χ4v) is 2.68. The first-order valence-corrected chi connectivity index (χ1v) is 8.11. The van der Waals surface area contributed by atoms with Crippen LogP contribution in [0.3, 0.4) is 0 Å². The Kier molecular flexibility index (Phi) is 7.62. The van der Waals surface area contributed by atoms with Gasteiger partial charge in [0, 0.05) is 20.1 Å². The molecule has 0 spiro atoms. The number of alkyl carbamates (subject to hydrolysis) is 1. The van der Waals surface area contributed by atoms with Crippen molar-refractivity contribution in [1.29, 1.82) is 0 Å². The maximum Gasteiger partial charge on any atom is 0.407 e. The average molecular weight is 360 g/mol. The van der Waals surface area contributed by atoms with Gasteiger partial charge in [0.05, 0.1) is 19.8 Å². The second-order valence-electron chi connectivity index (χ2n) is 6.93. The predicted molar refractivity (Wildman–Crippen MR) is 87.7 cm³/mol. The molecule has 2 N–H and O–H groups in total. The van der Waals surface area contributed by atoms with E-state index in [0.29, 0.717) is 6.42 Å². The van der Waals surface area contributed by atoms with Crippen LogP contribution in [0, 0.1) is 5.41 Å². The molecule has 0 unspecified atom stereocenters. The molecular weight excluding hydrogens is 332 g/mol. The standard InChI is InChI=1S/C16H28N2O7/c1-16(2,3)12(17-15(22)25-7-6-19)13(20)18-9-10(23-4)8-11(18)14(21)24-5/h10-12,19H,6-9H2,1-5H3,(H,17,22)/t10-,11+,12-/m1/s1. The van der Waals surface area contributed by atoms with Gasteiger partial charge in [-0.05, 0) is 5.41 Å². The Bertz CT molecular complexity index is 489. The number of hydrogen-bond acceptors (Lipinski definition) is 7. The van der Waals surface area contributed by atoms with Crippen molar-refractivity contribution < 1.29 is 33.7 Å². The molecule has 9 heteroatoms. The van der Waals surface area contributed by atoms with Gasteiger partial charge < -0.3 is 29.5 Å². The lowest BCUT2D eigenvalue weighted by Crippen LogP contribution is -2.57. The van der Waals surface area contributed by atoms with Crippen LogP contribution in [-0.2, 0) is 23.8 Å². The number of ether oxygens (including phenoxy) is 3. The third-order valence-electron chi connectivity index (χ3n) is 4.05. The van der Waals surface area contributed by atoms with E-state index in [2.05, 4.69) is 5.32 Å². The molecule has 0 aromatic heterocycles. The maximum atomic E-state index is 13.0. The van der Waals surface area contributed by atoms with E-state index in [-0.39, 0.29) is 25.9 Å². The van der Waals surface area contributed by atoms with E-state index in [1.165, 1.54) is 19.1 Å². The Morgan fingerprint density at radius 1 is 1.28 bits per heavy atom. The molecule has 1 fully saturated rings. The molecule has 1 heterocycles. The third kappa shape index (κ3) is 5.57. The summed E-state index contributed by atoms with van der Waals surface area (Å²) in [4.78, 5) is 38.3. The maximum absolute atomic E-state index is 13.0. The SMILES string of the molecule is COC(=O)[C@@H]1C[C@@H](OC)CN1C(=O)[C@@H](NC(=O)OCCO)C(C)(C)C. The van der Waals surface area contributed by atoms with Crippen LogP contribution in [0.25, 0.3) is 0 Å². The van der Waals surface area contributed by atoms with Gasteiger partial charge in [0.2, 0.25) is 5.91 Å². The van der Waals surface area contributed by atoms with Crippen LogP contribution in [-0.4, -0.2) is 80.1 Å². The molecule has 2 amide bonds. The number of nitrogens with one attached hydrogen (secondary N) is 1. The Balaban J connectivity index is 2.98. The van der Waals surface area contributed by atoms with Gasteiger partial charge in [0.25, 0.3) is 0 Å². The molecule has 1 aliphatic heterocycles. The van der Waals surface area contributed by atoms with E-state index in [1.54, 1.807) is 20.8 Å². The van der Waals surface area contributed by atoms with E-state index < -0.39 is 35.5 Å². The lowest BCUT2D eigenvalue weighted by molar-refractivity contribution is -0.152. The van der Waals surface area contributed by atoms with E-state index in [0.717, 1.165) is 0 Å². The lowest BCUT2D eigenvalue weighted by Gasteiger charge is -2.34. The Hall–Kier alpha value is -1.87. The van der Waals surface area contributed by atoms with Crippen LogP contribution < -0.4 is 5.32 Å². The monoisotopic (exact) mass is 360 g/mol. The topological polar surface area (TPSA) is 114 Å². The molecule has 0 aromatic carbocycles. The summed E-state index contributed by atoms with van der Waals surface area (Å²) in [7, 11) is 2.77. The summed E-state index contributed by atoms with van der Waals surface area (Å²) in [6.45, 7) is 5.12. The molecule has 0 bridgehead atoms. The van der Waals surface area contributed by atoms with Crippen molar-refractivity contribution in [3.8, 4) is 0 Å². The zero-order valence-electron chi connectivity index (χ0n) is 15.4. The Morgan fingerprint density at radius 2 is 1.92 bits per heavy atom. The number of rotatable bonds is 6. The van der Waals surface area contributed by atoms with Crippen molar-refractivity contribution in [2.75, 3.05) is 34.0 Å². The number of amides is 2. The highest BCUT2D eigenvalue weighted by atomic mass is 16.6. The van der Waals surface area contributed by atoms with Crippen molar-refractivity contribution in [2.24, 2.45) is 5.41 Å². The first-order valence-electron chi connectivity index (χ1n) is 8.11. The molecule has 1 rings (SSSR count). The number of likely N-dealkylation sites (tertiary alicyclic amines) is 1. The minimum absolute atomic E-state index is 0.170. The van der Waals surface area contributed by atoms with E-state index in [4.69, 9.17) is 19.3 Å². The third-order valence-corrected chi connectivity index (χ3v) is 4.05. The normalized spacial score (nSPS) is 21.6. The van der Waals surface area contributed by atoms with E-state index >= 15 is 0 Å². The summed E-state index contributed by atoms with van der Waals surface area (Å²) in [5.41, 5.74) is -0.624. The van der Waals surface area contributed by atoms with Crippen LogP contribution in [0.5, 0.6) is 0 Å². The molecule has 9 nitrogen and oxygen atoms in total. The van der Waals surface area contributed by atoms with Crippen LogP contribution in [0.4, 0.5) is 4.79 Å². The molecular formula is C16H28N2O7. The number of carbonyl (C=O) groups is 3. The first kappa shape index (κ1) is 21.2. The number of esters is 1. The van der Waals surface area contributed by atoms with Crippen molar-refractivity contribution in [1.82, 2.24) is 10.2 Å². The van der Waals surface area contributed by atoms with Crippen LogP contribution in [0.1, 0.15) is 27.2 Å². The number of hydrogen-bond donors (Lipinski definition) is 2. The summed E-state index contributed by atoms with van der Waals surface area (Å²) < 4.78 is 14.8. The highest BCUT2D eigenvalue weighted by Gasteiger charge is 2.45.